The smallest absolute Gasteiger partial charge is 0.185 e. The minimum Gasteiger partial charge on any atom is -0.192 e. The van der Waals surface area contributed by atoms with Gasteiger partial charge < -0.3 is 0 Å². The Kier molecular flexibility index (Phi) is 4.74. The van der Waals surface area contributed by atoms with E-state index in [1.165, 1.54) is 5.56 Å². The summed E-state index contributed by atoms with van der Waals surface area (Å²) >= 11 is 11.1. The first kappa shape index (κ1) is 16.6. The largest absolute Gasteiger partial charge is 0.192 e. The van der Waals surface area contributed by atoms with Gasteiger partial charge in [0.1, 0.15) is 5.03 Å². The zero-order valence-corrected chi connectivity index (χ0v) is 16.1. The van der Waals surface area contributed by atoms with Crippen molar-refractivity contribution in [2.45, 2.75) is 10.8 Å². The van der Waals surface area contributed by atoms with Gasteiger partial charge in [-0.2, -0.15) is 9.61 Å². The highest BCUT2D eigenvalue weighted by Gasteiger charge is 2.10. The van der Waals surface area contributed by atoms with Crippen LogP contribution in [0.1, 0.15) is 5.56 Å². The molecule has 0 aliphatic carbocycles. The van der Waals surface area contributed by atoms with Gasteiger partial charge >= 0.3 is 0 Å². The summed E-state index contributed by atoms with van der Waals surface area (Å²) in [7, 11) is 0. The normalized spacial score (nSPS) is 11.1. The minimum absolute atomic E-state index is 0.691. The fraction of sp³-hybridized carbons (Fsp3) is 0.0556. The van der Waals surface area contributed by atoms with Gasteiger partial charge in [-0.1, -0.05) is 51.4 Å². The van der Waals surface area contributed by atoms with E-state index in [-0.39, 0.29) is 0 Å². The maximum Gasteiger partial charge on any atom is 0.185 e. The van der Waals surface area contributed by atoms with Gasteiger partial charge in [0, 0.05) is 20.8 Å². The second kappa shape index (κ2) is 7.15. The first-order valence-electron chi connectivity index (χ1n) is 7.55. The van der Waals surface area contributed by atoms with E-state index >= 15 is 0 Å². The lowest BCUT2D eigenvalue weighted by Crippen LogP contribution is -1.96. The molecule has 25 heavy (non-hydrogen) atoms. The molecule has 0 radical (unpaired) electrons. The van der Waals surface area contributed by atoms with Crippen LogP contribution < -0.4 is 0 Å². The Hall–Kier alpha value is -1.89. The fourth-order valence-electron chi connectivity index (χ4n) is 2.37. The van der Waals surface area contributed by atoms with Gasteiger partial charge in [0.05, 0.1) is 0 Å². The number of rotatable bonds is 4. The Balaban J connectivity index is 1.61. The molecule has 0 aliphatic rings. The van der Waals surface area contributed by atoms with Gasteiger partial charge in [-0.25, -0.2) is 0 Å². The molecule has 4 nitrogen and oxygen atoms in total. The van der Waals surface area contributed by atoms with Gasteiger partial charge in [0.15, 0.2) is 11.5 Å². The van der Waals surface area contributed by atoms with Crippen LogP contribution in [0, 0.1) is 0 Å². The Morgan fingerprint density at radius 2 is 1.68 bits per heavy atom. The molecule has 7 heteroatoms. The predicted octanol–water partition coefficient (Wildman–Crippen LogP) is 5.50. The quantitative estimate of drug-likeness (QED) is 0.400. The number of halogens is 2. The van der Waals surface area contributed by atoms with Crippen LogP contribution in [0.15, 0.2) is 70.2 Å². The standard InChI is InChI=1S/C18H12BrClN4S/c19-14-5-1-12(2-6-14)11-25-17-10-9-16-21-22-18(24(16)23-17)13-3-7-15(20)8-4-13/h1-10H,11H2. The number of benzene rings is 2. The predicted molar refractivity (Wildman–Crippen MR) is 105 cm³/mol. The van der Waals surface area contributed by atoms with Crippen LogP contribution in [0.3, 0.4) is 0 Å². The van der Waals surface area contributed by atoms with E-state index in [2.05, 4.69) is 43.4 Å². The Morgan fingerprint density at radius 1 is 0.920 bits per heavy atom. The van der Waals surface area contributed by atoms with Crippen LogP contribution in [0.25, 0.3) is 17.0 Å². The summed E-state index contributed by atoms with van der Waals surface area (Å²) in [5.41, 5.74) is 2.90. The number of hydrogen-bond acceptors (Lipinski definition) is 4. The number of thioether (sulfide) groups is 1. The minimum atomic E-state index is 0.691. The van der Waals surface area contributed by atoms with Crippen molar-refractivity contribution >= 4 is 44.9 Å². The van der Waals surface area contributed by atoms with E-state index in [0.717, 1.165) is 26.5 Å². The SMILES string of the molecule is Clc1ccc(-c2nnc3ccc(SCc4ccc(Br)cc4)nn23)cc1. The second-order valence-corrected chi connectivity index (χ2v) is 7.73. The third-order valence-electron chi connectivity index (χ3n) is 3.64. The number of nitrogens with zero attached hydrogens (tertiary/aromatic N) is 4. The van der Waals surface area contributed by atoms with Crippen molar-refractivity contribution in [2.75, 3.05) is 0 Å². The van der Waals surface area contributed by atoms with Gasteiger partial charge in [0.2, 0.25) is 0 Å². The van der Waals surface area contributed by atoms with E-state index in [4.69, 9.17) is 11.6 Å². The van der Waals surface area contributed by atoms with Crippen molar-refractivity contribution in [3.05, 3.63) is 75.7 Å². The summed E-state index contributed by atoms with van der Waals surface area (Å²) in [4.78, 5) is 0. The van der Waals surface area contributed by atoms with Gasteiger partial charge in [0.25, 0.3) is 0 Å². The van der Waals surface area contributed by atoms with Gasteiger partial charge in [-0.15, -0.1) is 10.2 Å². The molecule has 4 rings (SSSR count). The Labute approximate surface area is 162 Å². The molecular formula is C18H12BrClN4S. The molecule has 0 amide bonds. The van der Waals surface area contributed by atoms with Crippen molar-refractivity contribution in [1.29, 1.82) is 0 Å². The highest BCUT2D eigenvalue weighted by Crippen LogP contribution is 2.24. The van der Waals surface area contributed by atoms with Crippen molar-refractivity contribution in [2.24, 2.45) is 0 Å². The van der Waals surface area contributed by atoms with Gasteiger partial charge in [-0.05, 0) is 54.1 Å². The highest BCUT2D eigenvalue weighted by atomic mass is 79.9. The average molecular weight is 432 g/mol. The molecular weight excluding hydrogens is 420 g/mol. The van der Waals surface area contributed by atoms with Gasteiger partial charge in [-0.3, -0.25) is 0 Å². The molecule has 124 valence electrons. The summed E-state index contributed by atoms with van der Waals surface area (Å²) < 4.78 is 2.85. The van der Waals surface area contributed by atoms with E-state index in [0.29, 0.717) is 10.8 Å². The van der Waals surface area contributed by atoms with Crippen LogP contribution in [-0.2, 0) is 5.75 Å². The van der Waals surface area contributed by atoms with Crippen LogP contribution in [-0.4, -0.2) is 19.8 Å². The van der Waals surface area contributed by atoms with E-state index in [9.17, 15) is 0 Å². The lowest BCUT2D eigenvalue weighted by Gasteiger charge is -2.04. The summed E-state index contributed by atoms with van der Waals surface area (Å²) in [6.07, 6.45) is 0. The summed E-state index contributed by atoms with van der Waals surface area (Å²) in [6.45, 7) is 0. The molecule has 0 fully saturated rings. The summed E-state index contributed by atoms with van der Waals surface area (Å²) in [5, 5.41) is 14.7. The van der Waals surface area contributed by atoms with E-state index in [1.807, 2.05) is 48.5 Å². The Bertz CT molecular complexity index is 1020. The highest BCUT2D eigenvalue weighted by molar-refractivity contribution is 9.10. The van der Waals surface area contributed by atoms with Crippen molar-refractivity contribution < 1.29 is 0 Å². The number of aromatic nitrogens is 4. The number of fused-ring (bicyclic) bond motifs is 1. The van der Waals surface area contributed by atoms with E-state index < -0.39 is 0 Å². The molecule has 0 unspecified atom stereocenters. The molecule has 0 saturated heterocycles. The van der Waals surface area contributed by atoms with E-state index in [1.54, 1.807) is 16.3 Å². The molecule has 0 aliphatic heterocycles. The first-order chi connectivity index (χ1) is 12.2. The van der Waals surface area contributed by atoms with Crippen LogP contribution in [0.5, 0.6) is 0 Å². The van der Waals surface area contributed by atoms with Crippen LogP contribution >= 0.6 is 39.3 Å². The topological polar surface area (TPSA) is 43.1 Å². The van der Waals surface area contributed by atoms with Crippen LogP contribution in [0.2, 0.25) is 5.02 Å². The lowest BCUT2D eigenvalue weighted by atomic mass is 10.2. The third kappa shape index (κ3) is 3.71. The molecule has 2 aromatic heterocycles. The average Bonchev–Trinajstić information content (AvgIpc) is 3.05. The zero-order valence-electron chi connectivity index (χ0n) is 12.9. The fourth-order valence-corrected chi connectivity index (χ4v) is 3.57. The summed E-state index contributed by atoms with van der Waals surface area (Å²) in [6, 6.07) is 19.7. The molecule has 0 bridgehead atoms. The lowest BCUT2D eigenvalue weighted by molar-refractivity contribution is 0.860. The molecule has 0 atom stereocenters. The summed E-state index contributed by atoms with van der Waals surface area (Å²) in [5.74, 6) is 1.56. The van der Waals surface area contributed by atoms with Crippen LogP contribution in [0.4, 0.5) is 0 Å². The monoisotopic (exact) mass is 430 g/mol. The molecule has 0 spiro atoms. The van der Waals surface area contributed by atoms with Crippen molar-refractivity contribution in [3.63, 3.8) is 0 Å². The number of hydrogen-bond donors (Lipinski definition) is 0. The molecule has 0 N–H and O–H groups in total. The first-order valence-corrected chi connectivity index (χ1v) is 9.70. The maximum atomic E-state index is 5.96. The third-order valence-corrected chi connectivity index (χ3v) is 5.41. The zero-order chi connectivity index (χ0) is 17.2. The maximum absolute atomic E-state index is 5.96. The molecule has 2 heterocycles. The van der Waals surface area contributed by atoms with Crippen molar-refractivity contribution in [3.8, 4) is 11.4 Å². The Morgan fingerprint density at radius 3 is 2.44 bits per heavy atom. The second-order valence-electron chi connectivity index (χ2n) is 5.39. The van der Waals surface area contributed by atoms with Crippen molar-refractivity contribution in [1.82, 2.24) is 19.8 Å². The molecule has 0 saturated carbocycles. The molecule has 2 aromatic carbocycles. The molecule has 4 aromatic rings.